The zero-order chi connectivity index (χ0) is 26.4. The smallest absolute Gasteiger partial charge is 0.277 e. The molecule has 0 saturated carbocycles. The molecule has 0 aliphatic heterocycles. The molecule has 3 aromatic heterocycles. The van der Waals surface area contributed by atoms with Crippen LogP contribution >= 0.6 is 34.9 Å². The second kappa shape index (κ2) is 11.9. The number of nitrogens with zero attached hydrogens (tertiary/aromatic N) is 5. The predicted molar refractivity (Wildman–Crippen MR) is 142 cm³/mol. The van der Waals surface area contributed by atoms with Crippen molar-refractivity contribution in [3.8, 4) is 0 Å². The topological polar surface area (TPSA) is 164 Å². The second-order valence-electron chi connectivity index (χ2n) is 7.29. The molecule has 12 nitrogen and oxygen atoms in total. The third kappa shape index (κ3) is 6.97. The highest BCUT2D eigenvalue weighted by atomic mass is 32.2. The highest BCUT2D eigenvalue weighted by Gasteiger charge is 2.25. The van der Waals surface area contributed by atoms with Crippen LogP contribution in [0.15, 0.2) is 66.4 Å². The number of sulfonamides is 1. The number of anilines is 2. The fourth-order valence-corrected chi connectivity index (χ4v) is 6.71. The molecule has 16 heteroatoms. The second-order valence-corrected chi connectivity index (χ2v) is 11.9. The Morgan fingerprint density at radius 3 is 2.68 bits per heavy atom. The summed E-state index contributed by atoms with van der Waals surface area (Å²) >= 11 is 3.55. The maximum atomic E-state index is 13.0. The van der Waals surface area contributed by atoms with Gasteiger partial charge in [0.25, 0.3) is 20.8 Å². The molecule has 194 valence electrons. The van der Waals surface area contributed by atoms with Crippen LogP contribution in [0.2, 0.25) is 0 Å². The van der Waals surface area contributed by atoms with E-state index in [9.17, 15) is 18.0 Å². The van der Waals surface area contributed by atoms with Crippen molar-refractivity contribution in [2.75, 3.05) is 21.9 Å². The average Bonchev–Trinajstić information content (AvgIpc) is 3.54. The summed E-state index contributed by atoms with van der Waals surface area (Å²) in [5, 5.41) is 13.3. The Labute approximate surface area is 224 Å². The summed E-state index contributed by atoms with van der Waals surface area (Å²) in [4.78, 5) is 34.9. The summed E-state index contributed by atoms with van der Waals surface area (Å²) in [6, 6.07) is 7.32. The minimum atomic E-state index is -3.78. The van der Waals surface area contributed by atoms with Gasteiger partial charge in [0.05, 0.1) is 16.4 Å². The van der Waals surface area contributed by atoms with Gasteiger partial charge in [-0.15, -0.1) is 21.5 Å². The Balaban J connectivity index is 1.29. The van der Waals surface area contributed by atoms with Crippen LogP contribution in [0.25, 0.3) is 0 Å². The van der Waals surface area contributed by atoms with Gasteiger partial charge in [0.15, 0.2) is 10.3 Å². The monoisotopic (exact) mass is 579 g/mol. The van der Waals surface area contributed by atoms with Crippen LogP contribution in [0.1, 0.15) is 18.5 Å². The number of hydrogen-bond acceptors (Lipinski definition) is 12. The Bertz CT molecular complexity index is 1520. The first-order chi connectivity index (χ1) is 17.7. The van der Waals surface area contributed by atoms with E-state index < -0.39 is 10.0 Å². The quantitative estimate of drug-likeness (QED) is 0.198. The molecule has 1 amide bonds. The van der Waals surface area contributed by atoms with Crippen LogP contribution in [-0.2, 0) is 20.6 Å². The fourth-order valence-electron chi connectivity index (χ4n) is 3.01. The molecule has 37 heavy (non-hydrogen) atoms. The lowest BCUT2D eigenvalue weighted by Gasteiger charge is -2.19. The van der Waals surface area contributed by atoms with Gasteiger partial charge in [-0.1, -0.05) is 23.5 Å². The molecule has 0 atom stereocenters. The van der Waals surface area contributed by atoms with E-state index >= 15 is 0 Å². The molecule has 2 N–H and O–H groups in total. The average molecular weight is 580 g/mol. The van der Waals surface area contributed by atoms with Gasteiger partial charge in [0, 0.05) is 35.6 Å². The normalized spacial score (nSPS) is 11.4. The number of aromatic nitrogens is 5. The lowest BCUT2D eigenvalue weighted by molar-refractivity contribution is -0.113. The number of amides is 1. The number of nitrogens with one attached hydrogen (secondary N) is 2. The first kappa shape index (κ1) is 26.8. The van der Waals surface area contributed by atoms with Gasteiger partial charge in [-0.2, -0.15) is 0 Å². The highest BCUT2D eigenvalue weighted by Crippen LogP contribution is 2.26. The van der Waals surface area contributed by atoms with Crippen molar-refractivity contribution >= 4 is 61.6 Å². The number of H-pyrrole nitrogens is 1. The Kier molecular flexibility index (Phi) is 8.63. The van der Waals surface area contributed by atoms with Crippen molar-refractivity contribution in [3.05, 3.63) is 63.8 Å². The van der Waals surface area contributed by atoms with E-state index in [-0.39, 0.29) is 33.9 Å². The molecule has 1 aromatic carbocycles. The van der Waals surface area contributed by atoms with Crippen molar-refractivity contribution in [1.29, 1.82) is 0 Å². The first-order valence-electron chi connectivity index (χ1n) is 10.7. The lowest BCUT2D eigenvalue weighted by Crippen LogP contribution is -2.30. The van der Waals surface area contributed by atoms with Gasteiger partial charge < -0.3 is 14.7 Å². The third-order valence-corrected chi connectivity index (χ3v) is 9.07. The van der Waals surface area contributed by atoms with E-state index in [0.717, 1.165) is 11.8 Å². The van der Waals surface area contributed by atoms with Crippen LogP contribution in [-0.4, -0.2) is 51.8 Å². The van der Waals surface area contributed by atoms with Crippen molar-refractivity contribution in [2.24, 2.45) is 0 Å². The summed E-state index contributed by atoms with van der Waals surface area (Å²) in [6.07, 6.45) is 1.55. The predicted octanol–water partition coefficient (Wildman–Crippen LogP) is 3.16. The summed E-state index contributed by atoms with van der Waals surface area (Å²) in [5.74, 6) is 0.316. The number of benzene rings is 1. The zero-order valence-electron chi connectivity index (χ0n) is 19.6. The summed E-state index contributed by atoms with van der Waals surface area (Å²) in [5.41, 5.74) is 0.815. The highest BCUT2D eigenvalue weighted by molar-refractivity contribution is 7.99. The Morgan fingerprint density at radius 2 is 2.00 bits per heavy atom. The Morgan fingerprint density at radius 1 is 1.22 bits per heavy atom. The maximum Gasteiger partial charge on any atom is 0.277 e. The Hall–Kier alpha value is -3.21. The lowest BCUT2D eigenvalue weighted by atomic mass is 10.3. The van der Waals surface area contributed by atoms with Crippen LogP contribution in [0, 0.1) is 6.92 Å². The van der Waals surface area contributed by atoms with Gasteiger partial charge in [-0.25, -0.2) is 22.7 Å². The molecule has 0 spiro atoms. The summed E-state index contributed by atoms with van der Waals surface area (Å²) < 4.78 is 32.7. The summed E-state index contributed by atoms with van der Waals surface area (Å²) in [7, 11) is -3.78. The van der Waals surface area contributed by atoms with Crippen molar-refractivity contribution in [1.82, 2.24) is 25.1 Å². The summed E-state index contributed by atoms with van der Waals surface area (Å²) in [6.45, 7) is 3.70. The molecule has 4 aromatic rings. The number of thioether (sulfide) groups is 2. The van der Waals surface area contributed by atoms with Gasteiger partial charge in [-0.3, -0.25) is 9.59 Å². The molecule has 0 fully saturated rings. The molecule has 0 saturated heterocycles. The zero-order valence-corrected chi connectivity index (χ0v) is 22.8. The molecule has 0 unspecified atom stereocenters. The van der Waals surface area contributed by atoms with Crippen molar-refractivity contribution in [2.45, 2.75) is 34.9 Å². The molecule has 0 aliphatic rings. The molecule has 0 aliphatic carbocycles. The number of aromatic amines is 1. The van der Waals surface area contributed by atoms with Gasteiger partial charge in [-0.05, 0) is 38.1 Å². The number of aryl methyl sites for hydroxylation is 1. The molecule has 0 bridgehead atoms. The number of carbonyl (C=O) groups is 1. The van der Waals surface area contributed by atoms with E-state index in [1.165, 1.54) is 57.7 Å². The van der Waals surface area contributed by atoms with E-state index in [0.29, 0.717) is 33.3 Å². The van der Waals surface area contributed by atoms with E-state index in [1.54, 1.807) is 25.4 Å². The van der Waals surface area contributed by atoms with Gasteiger partial charge in [0.1, 0.15) is 0 Å². The first-order valence-corrected chi connectivity index (χ1v) is 15.0. The van der Waals surface area contributed by atoms with Gasteiger partial charge >= 0.3 is 0 Å². The number of hydrogen-bond donors (Lipinski definition) is 2. The molecular formula is C21H21N7O5S4. The van der Waals surface area contributed by atoms with E-state index in [4.69, 9.17) is 4.42 Å². The van der Waals surface area contributed by atoms with Crippen molar-refractivity contribution in [3.63, 3.8) is 0 Å². The van der Waals surface area contributed by atoms with Crippen LogP contribution < -0.4 is 15.2 Å². The number of carbonyl (C=O) groups excluding carboxylic acids is 1. The molecule has 3 heterocycles. The maximum absolute atomic E-state index is 13.0. The third-order valence-electron chi connectivity index (χ3n) is 4.60. The van der Waals surface area contributed by atoms with Crippen LogP contribution in [0.4, 0.5) is 10.8 Å². The van der Waals surface area contributed by atoms with Crippen LogP contribution in [0.5, 0.6) is 0 Å². The number of thiazole rings is 1. The largest absolute Gasteiger partial charge is 0.415 e. The van der Waals surface area contributed by atoms with Crippen molar-refractivity contribution < 1.29 is 17.6 Å². The molecule has 0 radical (unpaired) electrons. The molecular weight excluding hydrogens is 559 g/mol. The van der Waals surface area contributed by atoms with Gasteiger partial charge in [0.2, 0.25) is 11.8 Å². The standard InChI is InChI=1S/C21H21N7O5S4/c1-3-28(20-22-8-9-34-20)37(31,32)15-6-4-14(5-7-15)24-17(30)11-36-21-27-26-18(33-21)12-35-19-23-13(2)10-16(29)25-19/h4-10H,3,11-12H2,1-2H3,(H,24,30)(H,23,25,29). The fraction of sp³-hybridized carbons (Fsp3) is 0.238. The van der Waals surface area contributed by atoms with E-state index in [1.807, 2.05) is 0 Å². The SMILES string of the molecule is CCN(c1nccs1)S(=O)(=O)c1ccc(NC(=O)CSc2nnc(CSc3nc(C)cc(=O)[nH]3)o2)cc1. The minimum absolute atomic E-state index is 0.00917. The molecule has 4 rings (SSSR count). The number of rotatable bonds is 11. The van der Waals surface area contributed by atoms with E-state index in [2.05, 4.69) is 30.5 Å². The minimum Gasteiger partial charge on any atom is -0.415 e. The van der Waals surface area contributed by atoms with Crippen LogP contribution in [0.3, 0.4) is 0 Å².